The highest BCUT2D eigenvalue weighted by molar-refractivity contribution is 6.33. The number of halogens is 1. The van der Waals surface area contributed by atoms with Crippen LogP contribution in [0.15, 0.2) is 36.9 Å². The molecule has 1 heterocycles. The van der Waals surface area contributed by atoms with E-state index < -0.39 is 0 Å². The van der Waals surface area contributed by atoms with Gasteiger partial charge in [-0.1, -0.05) is 11.6 Å². The number of amides is 1. The minimum Gasteiger partial charge on any atom is -0.398 e. The third-order valence-corrected chi connectivity index (χ3v) is 2.41. The zero-order valence-corrected chi connectivity index (χ0v) is 9.48. The minimum atomic E-state index is -0.290. The van der Waals surface area contributed by atoms with Crippen LogP contribution in [0.3, 0.4) is 0 Å². The van der Waals surface area contributed by atoms with Crippen LogP contribution in [-0.4, -0.2) is 15.9 Å². The van der Waals surface area contributed by atoms with Gasteiger partial charge < -0.3 is 11.1 Å². The van der Waals surface area contributed by atoms with Gasteiger partial charge in [0.2, 0.25) is 0 Å². The Morgan fingerprint density at radius 3 is 2.65 bits per heavy atom. The van der Waals surface area contributed by atoms with Crippen molar-refractivity contribution in [2.45, 2.75) is 0 Å². The molecule has 0 saturated carbocycles. The molecule has 0 fully saturated rings. The van der Waals surface area contributed by atoms with Crippen molar-refractivity contribution < 1.29 is 4.79 Å². The summed E-state index contributed by atoms with van der Waals surface area (Å²) in [7, 11) is 0. The van der Waals surface area contributed by atoms with Gasteiger partial charge in [0, 0.05) is 5.56 Å². The number of carbonyl (C=O) groups is 1. The van der Waals surface area contributed by atoms with Gasteiger partial charge in [0.25, 0.3) is 5.91 Å². The molecule has 0 bridgehead atoms. The molecule has 1 aromatic carbocycles. The van der Waals surface area contributed by atoms with E-state index >= 15 is 0 Å². The van der Waals surface area contributed by atoms with E-state index in [1.807, 2.05) is 0 Å². The fourth-order valence-electron chi connectivity index (χ4n) is 1.24. The summed E-state index contributed by atoms with van der Waals surface area (Å²) in [6.07, 6.45) is 4.39. The Labute approximate surface area is 103 Å². The number of nitrogens with one attached hydrogen (secondary N) is 1. The number of rotatable bonds is 2. The maximum absolute atomic E-state index is 11.8. The molecule has 17 heavy (non-hydrogen) atoms. The minimum absolute atomic E-state index is 0.290. The molecule has 86 valence electrons. The van der Waals surface area contributed by atoms with E-state index in [0.29, 0.717) is 22.0 Å². The van der Waals surface area contributed by atoms with Crippen LogP contribution >= 0.6 is 11.6 Å². The van der Waals surface area contributed by atoms with Crippen LogP contribution in [0.1, 0.15) is 10.4 Å². The molecule has 0 saturated heterocycles. The monoisotopic (exact) mass is 248 g/mol. The number of aromatic nitrogens is 2. The summed E-state index contributed by atoms with van der Waals surface area (Å²) < 4.78 is 0. The molecule has 2 rings (SSSR count). The Hall–Kier alpha value is -2.14. The topological polar surface area (TPSA) is 80.9 Å². The highest BCUT2D eigenvalue weighted by atomic mass is 35.5. The van der Waals surface area contributed by atoms with E-state index in [-0.39, 0.29) is 5.91 Å². The van der Waals surface area contributed by atoms with E-state index in [1.165, 1.54) is 24.8 Å². The summed E-state index contributed by atoms with van der Waals surface area (Å²) in [5.41, 5.74) is 6.94. The summed E-state index contributed by atoms with van der Waals surface area (Å²) in [4.78, 5) is 19.4. The van der Waals surface area contributed by atoms with Crippen LogP contribution in [0.25, 0.3) is 0 Å². The molecule has 2 aromatic rings. The largest absolute Gasteiger partial charge is 0.398 e. The lowest BCUT2D eigenvalue weighted by atomic mass is 10.2. The Kier molecular flexibility index (Phi) is 3.20. The fourth-order valence-corrected chi connectivity index (χ4v) is 1.42. The van der Waals surface area contributed by atoms with Crippen molar-refractivity contribution in [1.29, 1.82) is 0 Å². The van der Waals surface area contributed by atoms with Crippen LogP contribution in [0, 0.1) is 0 Å². The van der Waals surface area contributed by atoms with Gasteiger partial charge in [0.05, 0.1) is 28.8 Å². The average molecular weight is 249 g/mol. The average Bonchev–Trinajstić information content (AvgIpc) is 2.34. The summed E-state index contributed by atoms with van der Waals surface area (Å²) in [5, 5.41) is 2.99. The zero-order valence-electron chi connectivity index (χ0n) is 8.72. The fraction of sp³-hybridized carbons (Fsp3) is 0. The van der Waals surface area contributed by atoms with Crippen molar-refractivity contribution in [2.75, 3.05) is 11.1 Å². The summed E-state index contributed by atoms with van der Waals surface area (Å²) >= 11 is 5.83. The van der Waals surface area contributed by atoms with Gasteiger partial charge in [0.15, 0.2) is 0 Å². The molecule has 1 amide bonds. The number of benzene rings is 1. The van der Waals surface area contributed by atoms with Crippen LogP contribution in [0.2, 0.25) is 5.02 Å². The first kappa shape index (κ1) is 11.3. The number of nitrogen functional groups attached to an aromatic ring is 1. The molecule has 0 spiro atoms. The Bertz CT molecular complexity index is 544. The summed E-state index contributed by atoms with van der Waals surface area (Å²) in [6, 6.07) is 4.69. The van der Waals surface area contributed by atoms with Gasteiger partial charge in [-0.15, -0.1) is 0 Å². The van der Waals surface area contributed by atoms with Crippen LogP contribution in [0.5, 0.6) is 0 Å². The van der Waals surface area contributed by atoms with Crippen molar-refractivity contribution in [3.63, 3.8) is 0 Å². The second kappa shape index (κ2) is 4.80. The van der Waals surface area contributed by atoms with Crippen molar-refractivity contribution >= 4 is 28.9 Å². The molecule has 0 aliphatic rings. The first-order valence-corrected chi connectivity index (χ1v) is 5.16. The summed E-state index contributed by atoms with van der Waals surface area (Å²) in [6.45, 7) is 0. The second-order valence-corrected chi connectivity index (χ2v) is 3.72. The number of nitrogens with zero attached hydrogens (tertiary/aromatic N) is 2. The normalized spacial score (nSPS) is 9.94. The predicted molar refractivity (Wildman–Crippen MR) is 65.8 cm³/mol. The Morgan fingerprint density at radius 1 is 1.29 bits per heavy atom. The van der Waals surface area contributed by atoms with Crippen molar-refractivity contribution in [1.82, 2.24) is 9.97 Å². The summed E-state index contributed by atoms with van der Waals surface area (Å²) in [5.74, 6) is -0.290. The first-order valence-electron chi connectivity index (χ1n) is 4.78. The Balaban J connectivity index is 2.18. The van der Waals surface area contributed by atoms with Crippen molar-refractivity contribution in [3.05, 3.63) is 47.5 Å². The first-order chi connectivity index (χ1) is 8.16. The number of anilines is 2. The molecule has 5 nitrogen and oxygen atoms in total. The highest BCUT2D eigenvalue weighted by Gasteiger charge is 2.08. The maximum Gasteiger partial charge on any atom is 0.255 e. The molecular formula is C11H9ClN4O. The predicted octanol–water partition coefficient (Wildman–Crippen LogP) is 1.96. The molecule has 0 aliphatic carbocycles. The lowest BCUT2D eigenvalue weighted by molar-refractivity contribution is 0.102. The van der Waals surface area contributed by atoms with E-state index in [0.717, 1.165) is 0 Å². The van der Waals surface area contributed by atoms with E-state index in [1.54, 1.807) is 12.1 Å². The third kappa shape index (κ3) is 2.70. The molecule has 3 N–H and O–H groups in total. The van der Waals surface area contributed by atoms with Gasteiger partial charge >= 0.3 is 0 Å². The van der Waals surface area contributed by atoms with Gasteiger partial charge in [-0.2, -0.15) is 0 Å². The SMILES string of the molecule is Nc1ccc(C(=O)Nc2cncnc2)cc1Cl. The van der Waals surface area contributed by atoms with Crippen LogP contribution < -0.4 is 11.1 Å². The van der Waals surface area contributed by atoms with Gasteiger partial charge in [-0.05, 0) is 18.2 Å². The number of hydrogen-bond donors (Lipinski definition) is 2. The van der Waals surface area contributed by atoms with Crippen molar-refractivity contribution in [2.24, 2.45) is 0 Å². The number of hydrogen-bond acceptors (Lipinski definition) is 4. The third-order valence-electron chi connectivity index (χ3n) is 2.08. The van der Waals surface area contributed by atoms with E-state index in [4.69, 9.17) is 17.3 Å². The lowest BCUT2D eigenvalue weighted by Crippen LogP contribution is -2.12. The molecule has 6 heteroatoms. The smallest absolute Gasteiger partial charge is 0.255 e. The van der Waals surface area contributed by atoms with E-state index in [2.05, 4.69) is 15.3 Å². The van der Waals surface area contributed by atoms with E-state index in [9.17, 15) is 4.79 Å². The molecule has 0 aliphatic heterocycles. The zero-order chi connectivity index (χ0) is 12.3. The lowest BCUT2D eigenvalue weighted by Gasteiger charge is -2.05. The maximum atomic E-state index is 11.8. The van der Waals surface area contributed by atoms with Crippen molar-refractivity contribution in [3.8, 4) is 0 Å². The molecule has 0 atom stereocenters. The number of carbonyl (C=O) groups excluding carboxylic acids is 1. The van der Waals surface area contributed by atoms with Gasteiger partial charge in [-0.25, -0.2) is 9.97 Å². The standard InChI is InChI=1S/C11H9ClN4O/c12-9-3-7(1-2-10(9)13)11(17)16-8-4-14-6-15-5-8/h1-6H,13H2,(H,16,17). The second-order valence-electron chi connectivity index (χ2n) is 3.32. The van der Waals surface area contributed by atoms with Crippen LogP contribution in [-0.2, 0) is 0 Å². The quantitative estimate of drug-likeness (QED) is 0.796. The van der Waals surface area contributed by atoms with Gasteiger partial charge in [-0.3, -0.25) is 4.79 Å². The molecular weight excluding hydrogens is 240 g/mol. The highest BCUT2D eigenvalue weighted by Crippen LogP contribution is 2.20. The molecule has 0 unspecified atom stereocenters. The molecule has 1 aromatic heterocycles. The Morgan fingerprint density at radius 2 is 2.00 bits per heavy atom. The van der Waals surface area contributed by atoms with Gasteiger partial charge in [0.1, 0.15) is 6.33 Å². The molecule has 0 radical (unpaired) electrons. The number of nitrogens with two attached hydrogens (primary N) is 1. The van der Waals surface area contributed by atoms with Crippen LogP contribution in [0.4, 0.5) is 11.4 Å².